The van der Waals surface area contributed by atoms with Gasteiger partial charge in [-0.25, -0.2) is 4.98 Å². The van der Waals surface area contributed by atoms with Crippen molar-refractivity contribution in [1.82, 2.24) is 19.5 Å². The summed E-state index contributed by atoms with van der Waals surface area (Å²) >= 11 is 0. The summed E-state index contributed by atoms with van der Waals surface area (Å²) in [7, 11) is 0. The lowest BCUT2D eigenvalue weighted by molar-refractivity contribution is 0.0933. The van der Waals surface area contributed by atoms with Crippen molar-refractivity contribution in [2.45, 2.75) is 13.8 Å². The molecule has 2 N–H and O–H groups in total. The van der Waals surface area contributed by atoms with Gasteiger partial charge in [-0.05, 0) is 11.6 Å². The molecule has 0 saturated heterocycles. The molecule has 0 amide bonds. The molecule has 0 aliphatic rings. The number of aromatic amines is 2. The first kappa shape index (κ1) is 17.3. The molecule has 0 unspecified atom stereocenters. The second kappa shape index (κ2) is 7.18. The van der Waals surface area contributed by atoms with Crippen molar-refractivity contribution in [3.8, 4) is 0 Å². The van der Waals surface area contributed by atoms with Gasteiger partial charge in [0.1, 0.15) is 16.4 Å². The average molecular weight is 350 g/mol. The van der Waals surface area contributed by atoms with E-state index in [1.165, 1.54) is 23.3 Å². The van der Waals surface area contributed by atoms with Gasteiger partial charge < -0.3 is 14.5 Å². The molecular weight excluding hydrogens is 332 g/mol. The molecular formula is C19H18N4O3. The predicted octanol–water partition coefficient (Wildman–Crippen LogP) is 0.214. The minimum absolute atomic E-state index is 0.0380. The molecule has 26 heavy (non-hydrogen) atoms. The fourth-order valence-corrected chi connectivity index (χ4v) is 2.43. The van der Waals surface area contributed by atoms with Crippen molar-refractivity contribution in [2.75, 3.05) is 0 Å². The molecule has 7 heteroatoms. The van der Waals surface area contributed by atoms with Crippen molar-refractivity contribution in [1.29, 1.82) is 0 Å². The van der Waals surface area contributed by atoms with Gasteiger partial charge in [0.25, 0.3) is 11.1 Å². The number of imidazole rings is 1. The van der Waals surface area contributed by atoms with Crippen LogP contribution in [0.5, 0.6) is 0 Å². The number of H-pyrrole nitrogens is 2. The Bertz CT molecular complexity index is 1170. The third-order valence-corrected chi connectivity index (χ3v) is 3.81. The van der Waals surface area contributed by atoms with Gasteiger partial charge >= 0.3 is 0 Å². The second-order valence-electron chi connectivity index (χ2n) is 6.12. The molecule has 2 aromatic heterocycles. The van der Waals surface area contributed by atoms with Gasteiger partial charge in [-0.1, -0.05) is 44.2 Å². The number of nitrogens with zero attached hydrogens (tertiary/aromatic N) is 2. The van der Waals surface area contributed by atoms with Crippen LogP contribution >= 0.6 is 0 Å². The monoisotopic (exact) mass is 350 g/mol. The Morgan fingerprint density at radius 3 is 2.42 bits per heavy atom. The fraction of sp³-hybridized carbons (Fsp3) is 0.158. The SMILES string of the molecule is CC(C)C(=O)c1cncn1/C=c1\[nH]c(=O)/c(=C/c2ccccc2)[nH]c1=O. The number of hydrogen-bond acceptors (Lipinski definition) is 4. The largest absolute Gasteiger partial charge is 0.316 e. The predicted molar refractivity (Wildman–Crippen MR) is 98.2 cm³/mol. The van der Waals surface area contributed by atoms with Crippen LogP contribution in [0.4, 0.5) is 0 Å². The molecule has 0 aliphatic heterocycles. The first-order valence-electron chi connectivity index (χ1n) is 8.13. The molecule has 0 atom stereocenters. The van der Waals surface area contributed by atoms with Crippen molar-refractivity contribution >= 4 is 18.1 Å². The zero-order valence-electron chi connectivity index (χ0n) is 14.4. The summed E-state index contributed by atoms with van der Waals surface area (Å²) in [6, 6.07) is 9.20. The van der Waals surface area contributed by atoms with Gasteiger partial charge in [-0.15, -0.1) is 0 Å². The van der Waals surface area contributed by atoms with Crippen molar-refractivity contribution in [2.24, 2.45) is 5.92 Å². The van der Waals surface area contributed by atoms with Crippen LogP contribution in [-0.2, 0) is 0 Å². The number of aromatic nitrogens is 4. The van der Waals surface area contributed by atoms with Crippen LogP contribution in [0, 0.1) is 5.92 Å². The van der Waals surface area contributed by atoms with Crippen LogP contribution in [0.15, 0.2) is 52.4 Å². The molecule has 3 aromatic rings. The van der Waals surface area contributed by atoms with E-state index >= 15 is 0 Å². The van der Waals surface area contributed by atoms with Crippen molar-refractivity contribution in [3.63, 3.8) is 0 Å². The highest BCUT2D eigenvalue weighted by Crippen LogP contribution is 2.07. The third kappa shape index (κ3) is 3.61. The van der Waals surface area contributed by atoms with Gasteiger partial charge in [0.15, 0.2) is 5.78 Å². The van der Waals surface area contributed by atoms with E-state index < -0.39 is 11.1 Å². The third-order valence-electron chi connectivity index (χ3n) is 3.81. The summed E-state index contributed by atoms with van der Waals surface area (Å²) in [4.78, 5) is 45.9. The Balaban J connectivity index is 2.11. The van der Waals surface area contributed by atoms with Crippen LogP contribution in [-0.4, -0.2) is 25.3 Å². The molecule has 0 radical (unpaired) electrons. The van der Waals surface area contributed by atoms with Crippen molar-refractivity contribution in [3.05, 3.63) is 85.5 Å². The second-order valence-corrected chi connectivity index (χ2v) is 6.12. The van der Waals surface area contributed by atoms with E-state index in [0.717, 1.165) is 5.56 Å². The summed E-state index contributed by atoms with van der Waals surface area (Å²) in [5.74, 6) is -0.314. The van der Waals surface area contributed by atoms with E-state index in [-0.39, 0.29) is 22.4 Å². The number of benzene rings is 1. The normalized spacial score (nSPS) is 12.7. The lowest BCUT2D eigenvalue weighted by Gasteiger charge is -2.04. The lowest BCUT2D eigenvalue weighted by Crippen LogP contribution is -2.47. The molecule has 2 heterocycles. The molecule has 0 saturated carbocycles. The highest BCUT2D eigenvalue weighted by Gasteiger charge is 2.14. The van der Waals surface area contributed by atoms with E-state index in [2.05, 4.69) is 15.0 Å². The molecule has 132 valence electrons. The van der Waals surface area contributed by atoms with Crippen LogP contribution < -0.4 is 21.8 Å². The molecule has 1 aromatic carbocycles. The van der Waals surface area contributed by atoms with Gasteiger partial charge in [0, 0.05) is 12.1 Å². The number of ketones is 1. The van der Waals surface area contributed by atoms with E-state index in [1.807, 2.05) is 30.3 Å². The summed E-state index contributed by atoms with van der Waals surface area (Å²) in [6.45, 7) is 3.56. The molecule has 7 nitrogen and oxygen atoms in total. The maximum Gasteiger partial charge on any atom is 0.273 e. The first-order valence-corrected chi connectivity index (χ1v) is 8.13. The zero-order valence-corrected chi connectivity index (χ0v) is 14.4. The molecule has 3 rings (SSSR count). The number of hydrogen-bond donors (Lipinski definition) is 2. The summed E-state index contributed by atoms with van der Waals surface area (Å²) < 4.78 is 1.43. The number of rotatable bonds is 4. The van der Waals surface area contributed by atoms with Gasteiger partial charge in [0.05, 0.1) is 12.5 Å². The Kier molecular flexibility index (Phi) is 4.79. The maximum atomic E-state index is 12.3. The highest BCUT2D eigenvalue weighted by molar-refractivity contribution is 5.96. The summed E-state index contributed by atoms with van der Waals surface area (Å²) in [6.07, 6.45) is 5.82. The molecule has 0 bridgehead atoms. The number of carbonyl (C=O) groups excluding carboxylic acids is 1. The van der Waals surface area contributed by atoms with Gasteiger partial charge in [0.2, 0.25) is 0 Å². The summed E-state index contributed by atoms with van der Waals surface area (Å²) in [5, 5.41) is 0.193. The minimum atomic E-state index is -0.469. The van der Waals surface area contributed by atoms with Gasteiger partial charge in [-0.3, -0.25) is 14.4 Å². The lowest BCUT2D eigenvalue weighted by atomic mass is 10.1. The standard InChI is InChI=1S/C19H18N4O3/c1-12(2)17(24)16-9-20-11-23(16)10-15-19(26)21-14(18(25)22-15)8-13-6-4-3-5-7-13/h3-12H,1-2H3,(H,21,26)(H,22,25)/b14-8-,15-10-. The smallest absolute Gasteiger partial charge is 0.273 e. The Morgan fingerprint density at radius 2 is 1.73 bits per heavy atom. The van der Waals surface area contributed by atoms with E-state index in [9.17, 15) is 14.4 Å². The van der Waals surface area contributed by atoms with Crippen LogP contribution in [0.25, 0.3) is 12.3 Å². The molecule has 0 fully saturated rings. The maximum absolute atomic E-state index is 12.3. The van der Waals surface area contributed by atoms with E-state index in [1.54, 1.807) is 19.9 Å². The first-order chi connectivity index (χ1) is 12.5. The average Bonchev–Trinajstić information content (AvgIpc) is 3.07. The van der Waals surface area contributed by atoms with Crippen LogP contribution in [0.1, 0.15) is 29.9 Å². The highest BCUT2D eigenvalue weighted by atomic mass is 16.1. The molecule has 0 aliphatic carbocycles. The number of Topliss-reactive ketones (excluding diaryl/α,β-unsaturated/α-hetero) is 1. The van der Waals surface area contributed by atoms with E-state index in [0.29, 0.717) is 5.69 Å². The van der Waals surface area contributed by atoms with Crippen LogP contribution in [0.3, 0.4) is 0 Å². The van der Waals surface area contributed by atoms with Gasteiger partial charge in [-0.2, -0.15) is 0 Å². The number of carbonyl (C=O) groups is 1. The Labute approximate surface area is 148 Å². The van der Waals surface area contributed by atoms with Crippen LogP contribution in [0.2, 0.25) is 0 Å². The van der Waals surface area contributed by atoms with E-state index in [4.69, 9.17) is 0 Å². The minimum Gasteiger partial charge on any atom is -0.316 e. The fourth-order valence-electron chi connectivity index (χ4n) is 2.43. The number of nitrogens with one attached hydrogen (secondary N) is 2. The topological polar surface area (TPSA) is 101 Å². The van der Waals surface area contributed by atoms with Crippen molar-refractivity contribution < 1.29 is 4.79 Å². The Morgan fingerprint density at radius 1 is 1.08 bits per heavy atom. The zero-order chi connectivity index (χ0) is 18.7. The quantitative estimate of drug-likeness (QED) is 0.657. The Hall–Kier alpha value is -3.48. The molecule has 0 spiro atoms. The summed E-state index contributed by atoms with van der Waals surface area (Å²) in [5.41, 5.74) is 0.241.